The lowest BCUT2D eigenvalue weighted by Gasteiger charge is -2.35. The number of hydrogen-bond donors (Lipinski definition) is 2. The Kier molecular flexibility index (Phi) is 4.20. The van der Waals surface area contributed by atoms with E-state index in [0.29, 0.717) is 0 Å². The maximum Gasteiger partial charge on any atom is 0.332 e. The zero-order chi connectivity index (χ0) is 13.7. The number of hydrazone groups is 1. The van der Waals surface area contributed by atoms with E-state index in [4.69, 9.17) is 5.73 Å². The molecule has 1 aromatic carbocycles. The van der Waals surface area contributed by atoms with E-state index in [1.807, 2.05) is 6.07 Å². The van der Waals surface area contributed by atoms with Gasteiger partial charge in [-0.1, -0.05) is 43.7 Å². The van der Waals surface area contributed by atoms with E-state index in [1.54, 1.807) is 0 Å². The molecule has 0 aromatic heterocycles. The number of rotatable bonds is 3. The van der Waals surface area contributed by atoms with Crippen molar-refractivity contribution in [2.24, 2.45) is 16.3 Å². The topological polar surface area (TPSA) is 67.5 Å². The molecule has 0 heterocycles. The molecule has 0 unspecified atom stereocenters. The van der Waals surface area contributed by atoms with Crippen molar-refractivity contribution < 1.29 is 4.79 Å². The van der Waals surface area contributed by atoms with Gasteiger partial charge in [-0.05, 0) is 31.2 Å². The van der Waals surface area contributed by atoms with Crippen molar-refractivity contribution in [3.05, 3.63) is 35.9 Å². The number of nitrogens with zero attached hydrogens (tertiary/aromatic N) is 1. The fourth-order valence-corrected chi connectivity index (χ4v) is 2.80. The Bertz CT molecular complexity index is 470. The molecule has 0 saturated heterocycles. The Morgan fingerprint density at radius 3 is 2.79 bits per heavy atom. The molecule has 102 valence electrons. The molecule has 1 aliphatic rings. The van der Waals surface area contributed by atoms with Crippen molar-refractivity contribution in [1.29, 1.82) is 0 Å². The number of primary amides is 1. The van der Waals surface area contributed by atoms with Crippen LogP contribution in [0.25, 0.3) is 0 Å². The molecule has 19 heavy (non-hydrogen) atoms. The van der Waals surface area contributed by atoms with Crippen molar-refractivity contribution >= 4 is 11.7 Å². The standard InChI is InChI=1S/C15H21N3O/c1-15(11-12-7-3-2-4-8-12)10-6-5-9-13(15)17-18-14(16)19/h2-4,7-8H,5-6,9-11H2,1H3,(H3,16,18,19)/b17-13+/t15-/m1/s1. The van der Waals surface area contributed by atoms with E-state index in [9.17, 15) is 4.79 Å². The molecular weight excluding hydrogens is 238 g/mol. The molecule has 0 aliphatic heterocycles. The minimum atomic E-state index is -0.597. The van der Waals surface area contributed by atoms with E-state index < -0.39 is 6.03 Å². The minimum Gasteiger partial charge on any atom is -0.350 e. The first-order valence-corrected chi connectivity index (χ1v) is 6.76. The van der Waals surface area contributed by atoms with Crippen LogP contribution in [0.4, 0.5) is 4.79 Å². The van der Waals surface area contributed by atoms with Gasteiger partial charge in [-0.25, -0.2) is 10.2 Å². The first-order chi connectivity index (χ1) is 9.10. The van der Waals surface area contributed by atoms with Gasteiger partial charge >= 0.3 is 6.03 Å². The predicted molar refractivity (Wildman–Crippen MR) is 76.9 cm³/mol. The molecule has 1 fully saturated rings. The number of carbonyl (C=O) groups excluding carboxylic acids is 1. The van der Waals surface area contributed by atoms with Crippen LogP contribution in [0.1, 0.15) is 38.2 Å². The van der Waals surface area contributed by atoms with Crippen LogP contribution in [0.5, 0.6) is 0 Å². The summed E-state index contributed by atoms with van der Waals surface area (Å²) in [5, 5.41) is 4.22. The van der Waals surface area contributed by atoms with Gasteiger partial charge in [0.25, 0.3) is 0 Å². The summed E-state index contributed by atoms with van der Waals surface area (Å²) in [5.74, 6) is 0. The lowest BCUT2D eigenvalue weighted by molar-refractivity contribution is 0.249. The van der Waals surface area contributed by atoms with Gasteiger partial charge in [-0.15, -0.1) is 0 Å². The fourth-order valence-electron chi connectivity index (χ4n) is 2.80. The highest BCUT2D eigenvalue weighted by molar-refractivity contribution is 5.91. The summed E-state index contributed by atoms with van der Waals surface area (Å²) in [7, 11) is 0. The fraction of sp³-hybridized carbons (Fsp3) is 0.467. The maximum atomic E-state index is 10.8. The summed E-state index contributed by atoms with van der Waals surface area (Å²) in [6.07, 6.45) is 5.32. The van der Waals surface area contributed by atoms with Crippen molar-refractivity contribution in [1.82, 2.24) is 5.43 Å². The van der Waals surface area contributed by atoms with Gasteiger partial charge in [0.2, 0.25) is 0 Å². The highest BCUT2D eigenvalue weighted by Crippen LogP contribution is 2.36. The highest BCUT2D eigenvalue weighted by atomic mass is 16.2. The third-order valence-corrected chi connectivity index (χ3v) is 3.83. The summed E-state index contributed by atoms with van der Waals surface area (Å²) in [5.41, 5.74) is 9.85. The van der Waals surface area contributed by atoms with Crippen LogP contribution in [0.3, 0.4) is 0 Å². The number of urea groups is 1. The molecule has 4 nitrogen and oxygen atoms in total. The molecule has 2 amide bonds. The summed E-state index contributed by atoms with van der Waals surface area (Å²) in [6.45, 7) is 2.22. The van der Waals surface area contributed by atoms with Crippen LogP contribution in [0.15, 0.2) is 35.4 Å². The van der Waals surface area contributed by atoms with E-state index in [2.05, 4.69) is 41.7 Å². The number of hydrogen-bond acceptors (Lipinski definition) is 2. The Morgan fingerprint density at radius 2 is 2.11 bits per heavy atom. The molecule has 4 heteroatoms. The van der Waals surface area contributed by atoms with Gasteiger partial charge in [0.15, 0.2) is 0 Å². The SMILES string of the molecule is C[C@]1(Cc2ccccc2)CCCC/C1=N\NC(N)=O. The van der Waals surface area contributed by atoms with Gasteiger partial charge < -0.3 is 5.73 Å². The largest absolute Gasteiger partial charge is 0.350 e. The van der Waals surface area contributed by atoms with Crippen LogP contribution in [0, 0.1) is 5.41 Å². The highest BCUT2D eigenvalue weighted by Gasteiger charge is 2.33. The summed E-state index contributed by atoms with van der Waals surface area (Å²) in [4.78, 5) is 10.8. The molecule has 1 atom stereocenters. The zero-order valence-corrected chi connectivity index (χ0v) is 11.4. The third-order valence-electron chi connectivity index (χ3n) is 3.83. The van der Waals surface area contributed by atoms with Crippen molar-refractivity contribution in [3.63, 3.8) is 0 Å². The van der Waals surface area contributed by atoms with Gasteiger partial charge in [0.05, 0.1) is 0 Å². The van der Waals surface area contributed by atoms with E-state index in [-0.39, 0.29) is 5.41 Å². The van der Waals surface area contributed by atoms with E-state index >= 15 is 0 Å². The number of nitrogens with one attached hydrogen (secondary N) is 1. The molecule has 1 saturated carbocycles. The Hall–Kier alpha value is -1.84. The van der Waals surface area contributed by atoms with E-state index in [1.165, 1.54) is 12.0 Å². The van der Waals surface area contributed by atoms with Crippen LogP contribution >= 0.6 is 0 Å². The summed E-state index contributed by atoms with van der Waals surface area (Å²) >= 11 is 0. The number of carbonyl (C=O) groups is 1. The monoisotopic (exact) mass is 259 g/mol. The molecular formula is C15H21N3O. The van der Waals surface area contributed by atoms with Crippen LogP contribution in [0.2, 0.25) is 0 Å². The van der Waals surface area contributed by atoms with Gasteiger partial charge in [-0.2, -0.15) is 5.10 Å². The Labute approximate surface area is 114 Å². The second-order valence-electron chi connectivity index (χ2n) is 5.46. The number of nitrogens with two attached hydrogens (primary N) is 1. The first-order valence-electron chi connectivity index (χ1n) is 6.76. The normalized spacial score (nSPS) is 25.2. The molecule has 0 spiro atoms. The molecule has 2 rings (SSSR count). The summed E-state index contributed by atoms with van der Waals surface area (Å²) < 4.78 is 0. The van der Waals surface area contributed by atoms with Crippen molar-refractivity contribution in [3.8, 4) is 0 Å². The number of benzene rings is 1. The molecule has 1 aliphatic carbocycles. The van der Waals surface area contributed by atoms with Crippen LogP contribution in [-0.4, -0.2) is 11.7 Å². The van der Waals surface area contributed by atoms with Crippen molar-refractivity contribution in [2.75, 3.05) is 0 Å². The maximum absolute atomic E-state index is 10.8. The predicted octanol–water partition coefficient (Wildman–Crippen LogP) is 2.83. The van der Waals surface area contributed by atoms with Crippen LogP contribution in [-0.2, 0) is 6.42 Å². The lowest BCUT2D eigenvalue weighted by Crippen LogP contribution is -2.36. The van der Waals surface area contributed by atoms with Crippen molar-refractivity contribution in [2.45, 2.75) is 39.0 Å². The molecule has 3 N–H and O–H groups in total. The second-order valence-corrected chi connectivity index (χ2v) is 5.46. The lowest BCUT2D eigenvalue weighted by atomic mass is 9.70. The average molecular weight is 259 g/mol. The summed E-state index contributed by atoms with van der Waals surface area (Å²) in [6, 6.07) is 9.81. The molecule has 0 radical (unpaired) electrons. The smallest absolute Gasteiger partial charge is 0.332 e. The first kappa shape index (κ1) is 13.6. The molecule has 1 aromatic rings. The Balaban J connectivity index is 2.17. The number of amides is 2. The third kappa shape index (κ3) is 3.56. The van der Waals surface area contributed by atoms with E-state index in [0.717, 1.165) is 31.4 Å². The minimum absolute atomic E-state index is 0.0159. The quantitative estimate of drug-likeness (QED) is 0.805. The van der Waals surface area contributed by atoms with Crippen LogP contribution < -0.4 is 11.2 Å². The Morgan fingerprint density at radius 1 is 1.37 bits per heavy atom. The second kappa shape index (κ2) is 5.87. The van der Waals surface area contributed by atoms with Gasteiger partial charge in [-0.3, -0.25) is 0 Å². The van der Waals surface area contributed by atoms with Gasteiger partial charge in [0.1, 0.15) is 0 Å². The zero-order valence-electron chi connectivity index (χ0n) is 11.4. The molecule has 0 bridgehead atoms. The van der Waals surface area contributed by atoms with Gasteiger partial charge in [0, 0.05) is 11.1 Å². The average Bonchev–Trinajstić information content (AvgIpc) is 2.38.